The number of aryl methyl sites for hydroxylation is 2. The molecule has 1 heterocycles. The largest absolute Gasteiger partial charge is 0.340 e. The lowest BCUT2D eigenvalue weighted by Gasteiger charge is -2.22. The first-order valence-corrected chi connectivity index (χ1v) is 10.1. The molecule has 0 saturated carbocycles. The van der Waals surface area contributed by atoms with Gasteiger partial charge in [-0.25, -0.2) is 0 Å². The Morgan fingerprint density at radius 2 is 1.52 bits per heavy atom. The van der Waals surface area contributed by atoms with Gasteiger partial charge in [0.15, 0.2) is 0 Å². The van der Waals surface area contributed by atoms with Gasteiger partial charge in [0, 0.05) is 48.1 Å². The summed E-state index contributed by atoms with van der Waals surface area (Å²) in [7, 11) is 2.06. The number of non-ortho nitro benzene ring substituents is 2. The summed E-state index contributed by atoms with van der Waals surface area (Å²) in [6, 6.07) is 16.4. The highest BCUT2D eigenvalue weighted by atomic mass is 16.6. The highest BCUT2D eigenvalue weighted by Gasteiger charge is 2.31. The minimum Gasteiger partial charge on any atom is -0.340 e. The second-order valence-electron chi connectivity index (χ2n) is 8.17. The first kappa shape index (κ1) is 20.6. The Kier molecular flexibility index (Phi) is 5.23. The lowest BCUT2D eigenvalue weighted by molar-refractivity contribution is -0.385. The van der Waals surface area contributed by atoms with Gasteiger partial charge in [-0.1, -0.05) is 23.7 Å². The van der Waals surface area contributed by atoms with Gasteiger partial charge in [0.25, 0.3) is 11.4 Å². The number of hydrogen-bond acceptors (Lipinski definition) is 5. The third-order valence-corrected chi connectivity index (χ3v) is 6.00. The maximum atomic E-state index is 11.1. The van der Waals surface area contributed by atoms with Crippen LogP contribution in [0.3, 0.4) is 0 Å². The van der Waals surface area contributed by atoms with Crippen LogP contribution in [-0.4, -0.2) is 24.2 Å². The molecule has 0 aliphatic carbocycles. The van der Waals surface area contributed by atoms with E-state index in [1.165, 1.54) is 11.0 Å². The number of nitrogens with zero attached hydrogens (tertiary/aromatic N) is 3. The van der Waals surface area contributed by atoms with Crippen molar-refractivity contribution in [1.29, 1.82) is 0 Å². The van der Waals surface area contributed by atoms with Crippen LogP contribution in [0.25, 0.3) is 0 Å². The number of rotatable bonds is 5. The minimum atomic E-state index is -0.377. The smallest absolute Gasteiger partial charge is 0.269 e. The van der Waals surface area contributed by atoms with E-state index in [0.29, 0.717) is 0 Å². The summed E-state index contributed by atoms with van der Waals surface area (Å²) in [5, 5.41) is 22.2. The molecule has 0 radical (unpaired) electrons. The average molecular weight is 415 g/mol. The van der Waals surface area contributed by atoms with Crippen molar-refractivity contribution >= 4 is 36.1 Å². The maximum Gasteiger partial charge on any atom is 0.269 e. The lowest BCUT2D eigenvalue weighted by atomic mass is 9.87. The summed E-state index contributed by atoms with van der Waals surface area (Å²) in [5.41, 5.74) is 7.51. The molecule has 156 valence electrons. The summed E-state index contributed by atoms with van der Waals surface area (Å²) in [6.07, 6.45) is 0.767. The van der Waals surface area contributed by atoms with Gasteiger partial charge in [-0.2, -0.15) is 0 Å². The molecular formula is C23H22BN3O4. The zero-order valence-corrected chi connectivity index (χ0v) is 17.7. The van der Waals surface area contributed by atoms with E-state index in [0.717, 1.165) is 41.0 Å². The van der Waals surface area contributed by atoms with Crippen molar-refractivity contribution in [2.45, 2.75) is 26.2 Å². The fourth-order valence-electron chi connectivity index (χ4n) is 4.41. The van der Waals surface area contributed by atoms with Gasteiger partial charge in [-0.15, -0.1) is 0 Å². The Bertz CT molecular complexity index is 1210. The average Bonchev–Trinajstić information content (AvgIpc) is 3.06. The molecule has 0 N–H and O–H groups in total. The van der Waals surface area contributed by atoms with Gasteiger partial charge in [0.05, 0.1) is 9.85 Å². The molecule has 1 unspecified atom stereocenters. The van der Waals surface area contributed by atoms with Gasteiger partial charge in [0.2, 0.25) is 0 Å². The fourth-order valence-corrected chi connectivity index (χ4v) is 4.41. The molecule has 3 aromatic carbocycles. The van der Waals surface area contributed by atoms with E-state index in [4.69, 9.17) is 0 Å². The first-order chi connectivity index (χ1) is 14.7. The Hall–Kier alpha value is -3.68. The molecule has 31 heavy (non-hydrogen) atoms. The van der Waals surface area contributed by atoms with Crippen molar-refractivity contribution in [3.8, 4) is 0 Å². The number of hydrogen-bond donors (Lipinski definition) is 0. The highest BCUT2D eigenvalue weighted by molar-refractivity contribution is 6.32. The molecule has 0 spiro atoms. The molecule has 0 saturated heterocycles. The van der Waals surface area contributed by atoms with Crippen molar-refractivity contribution in [1.82, 2.24) is 0 Å². The minimum absolute atomic E-state index is 0.0858. The molecule has 0 bridgehead atoms. The van der Waals surface area contributed by atoms with E-state index in [2.05, 4.69) is 30.9 Å². The van der Waals surface area contributed by atoms with E-state index in [9.17, 15) is 20.2 Å². The lowest BCUT2D eigenvalue weighted by Crippen LogP contribution is -2.18. The Balaban J connectivity index is 1.70. The van der Waals surface area contributed by atoms with Crippen LogP contribution in [0.4, 0.5) is 22.7 Å². The number of anilines is 2. The normalized spacial score (nSPS) is 15.0. The zero-order chi connectivity index (χ0) is 22.3. The Labute approximate surface area is 181 Å². The van der Waals surface area contributed by atoms with E-state index < -0.39 is 0 Å². The summed E-state index contributed by atoms with van der Waals surface area (Å²) in [5.74, 6) is 0.213. The van der Waals surface area contributed by atoms with Crippen molar-refractivity contribution in [3.63, 3.8) is 0 Å². The number of nitro benzene ring substituents is 2. The van der Waals surface area contributed by atoms with E-state index in [-0.39, 0.29) is 27.1 Å². The third-order valence-electron chi connectivity index (χ3n) is 6.00. The molecule has 8 heteroatoms. The Morgan fingerprint density at radius 3 is 2.13 bits per heavy atom. The molecule has 4 rings (SSSR count). The fraction of sp³-hybridized carbons (Fsp3) is 0.217. The second-order valence-corrected chi connectivity index (χ2v) is 8.17. The van der Waals surface area contributed by atoms with Crippen molar-refractivity contribution in [3.05, 3.63) is 97.1 Å². The number of nitro groups is 2. The predicted molar refractivity (Wildman–Crippen MR) is 124 cm³/mol. The molecule has 3 aromatic rings. The van der Waals surface area contributed by atoms with Crippen LogP contribution in [-0.2, 0) is 6.42 Å². The zero-order valence-electron chi connectivity index (χ0n) is 17.7. The van der Waals surface area contributed by atoms with Crippen LogP contribution in [0.1, 0.15) is 28.2 Å². The monoisotopic (exact) mass is 415 g/mol. The molecule has 1 aliphatic heterocycles. The molecule has 0 aromatic heterocycles. The molecular weight excluding hydrogens is 393 g/mol. The van der Waals surface area contributed by atoms with E-state index in [1.807, 2.05) is 26.0 Å². The molecule has 7 nitrogen and oxygen atoms in total. The quantitative estimate of drug-likeness (QED) is 0.359. The summed E-state index contributed by atoms with van der Waals surface area (Å²) < 4.78 is 0. The van der Waals surface area contributed by atoms with Gasteiger partial charge in [-0.05, 0) is 54.7 Å². The SMILES string of the molecule is Bc1ccc2c(c1)C(Cc1ccc([N+](=O)[O-])cc1C)CN2c1ccc([N+](=O)[O-])cc1C. The van der Waals surface area contributed by atoms with Crippen LogP contribution in [0.15, 0.2) is 54.6 Å². The van der Waals surface area contributed by atoms with Crippen molar-refractivity contribution in [2.75, 3.05) is 11.4 Å². The topological polar surface area (TPSA) is 89.5 Å². The van der Waals surface area contributed by atoms with Crippen LogP contribution < -0.4 is 10.4 Å². The van der Waals surface area contributed by atoms with E-state index in [1.54, 1.807) is 24.3 Å². The standard InChI is InChI=1S/C23H22BN3O4/c1-14-9-19(26(28)29)5-3-16(14)11-17-13-25(23-7-4-18(24)12-21(17)23)22-8-6-20(27(30)31)10-15(22)2/h3-10,12,17H,11,13,24H2,1-2H3. The van der Waals surface area contributed by atoms with Gasteiger partial charge in [0.1, 0.15) is 7.85 Å². The highest BCUT2D eigenvalue weighted by Crippen LogP contribution is 2.43. The molecule has 0 fully saturated rings. The molecule has 1 aliphatic rings. The number of benzene rings is 3. The molecule has 1 atom stereocenters. The van der Waals surface area contributed by atoms with Crippen LogP contribution in [0.2, 0.25) is 0 Å². The van der Waals surface area contributed by atoms with Crippen LogP contribution in [0.5, 0.6) is 0 Å². The maximum absolute atomic E-state index is 11.1. The summed E-state index contributed by atoms with van der Waals surface area (Å²) in [4.78, 5) is 23.7. The van der Waals surface area contributed by atoms with Crippen LogP contribution in [0, 0.1) is 34.1 Å². The predicted octanol–water partition coefficient (Wildman–Crippen LogP) is 3.86. The third kappa shape index (κ3) is 3.88. The van der Waals surface area contributed by atoms with Crippen molar-refractivity contribution in [2.24, 2.45) is 0 Å². The summed E-state index contributed by atoms with van der Waals surface area (Å²) in [6.45, 7) is 4.55. The van der Waals surface area contributed by atoms with Gasteiger partial charge in [-0.3, -0.25) is 20.2 Å². The van der Waals surface area contributed by atoms with E-state index >= 15 is 0 Å². The first-order valence-electron chi connectivity index (χ1n) is 10.1. The molecule has 0 amide bonds. The Morgan fingerprint density at radius 1 is 0.903 bits per heavy atom. The second kappa shape index (κ2) is 7.87. The van der Waals surface area contributed by atoms with Gasteiger partial charge < -0.3 is 4.90 Å². The van der Waals surface area contributed by atoms with Crippen molar-refractivity contribution < 1.29 is 9.85 Å². The van der Waals surface area contributed by atoms with Crippen LogP contribution >= 0.6 is 0 Å². The van der Waals surface area contributed by atoms with Gasteiger partial charge >= 0.3 is 0 Å². The number of fused-ring (bicyclic) bond motifs is 1. The summed E-state index contributed by atoms with van der Waals surface area (Å²) >= 11 is 0.